The van der Waals surface area contributed by atoms with Crippen molar-refractivity contribution in [1.29, 1.82) is 5.41 Å². The lowest BCUT2D eigenvalue weighted by Gasteiger charge is -2.07. The van der Waals surface area contributed by atoms with Crippen molar-refractivity contribution < 1.29 is 4.74 Å². The molecule has 0 aliphatic heterocycles. The van der Waals surface area contributed by atoms with Gasteiger partial charge in [-0.15, -0.1) is 0 Å². The van der Waals surface area contributed by atoms with Gasteiger partial charge >= 0.3 is 0 Å². The molecule has 1 heterocycles. The Morgan fingerprint density at radius 2 is 2.33 bits per heavy atom. The van der Waals surface area contributed by atoms with Gasteiger partial charge in [-0.1, -0.05) is 0 Å². The summed E-state index contributed by atoms with van der Waals surface area (Å²) in [6.07, 6.45) is 1.61. The molecule has 64 valence electrons. The first-order valence-corrected chi connectivity index (χ1v) is 3.50. The van der Waals surface area contributed by atoms with Gasteiger partial charge in [0, 0.05) is 6.20 Å². The molecular weight excluding hydrogens is 154 g/mol. The number of nitrogens with two attached hydrogens (primary N) is 1. The van der Waals surface area contributed by atoms with Crippen molar-refractivity contribution in [3.05, 3.63) is 23.4 Å². The van der Waals surface area contributed by atoms with Crippen LogP contribution < -0.4 is 5.73 Å². The third kappa shape index (κ3) is 1.37. The Bertz CT molecular complexity index is 289. The summed E-state index contributed by atoms with van der Waals surface area (Å²) in [5.74, 6) is 0.389. The average molecular weight is 165 g/mol. The molecular formula is C8H11N3O. The third-order valence-electron chi connectivity index (χ3n) is 1.62. The summed E-state index contributed by atoms with van der Waals surface area (Å²) in [6, 6.07) is 1.79. The van der Waals surface area contributed by atoms with Crippen LogP contribution in [0.4, 0.5) is 5.82 Å². The number of methoxy groups -OCH3 is 1. The fourth-order valence-electron chi connectivity index (χ4n) is 0.977. The summed E-state index contributed by atoms with van der Waals surface area (Å²) >= 11 is 0. The summed E-state index contributed by atoms with van der Waals surface area (Å²) in [4.78, 5) is 3.87. The van der Waals surface area contributed by atoms with Crippen molar-refractivity contribution in [1.82, 2.24) is 4.98 Å². The number of pyridine rings is 1. The van der Waals surface area contributed by atoms with E-state index >= 15 is 0 Å². The van der Waals surface area contributed by atoms with Gasteiger partial charge in [0.05, 0.1) is 12.7 Å². The molecule has 0 aromatic carbocycles. The number of hydrogen-bond donors (Lipinski definition) is 2. The molecule has 0 fully saturated rings. The van der Waals surface area contributed by atoms with Gasteiger partial charge in [0.2, 0.25) is 5.90 Å². The van der Waals surface area contributed by atoms with Gasteiger partial charge in [-0.3, -0.25) is 5.41 Å². The van der Waals surface area contributed by atoms with Crippen LogP contribution in [0.15, 0.2) is 12.3 Å². The highest BCUT2D eigenvalue weighted by Crippen LogP contribution is 2.13. The van der Waals surface area contributed by atoms with E-state index in [1.165, 1.54) is 7.11 Å². The Hall–Kier alpha value is -1.58. The van der Waals surface area contributed by atoms with E-state index in [-0.39, 0.29) is 5.90 Å². The van der Waals surface area contributed by atoms with E-state index in [2.05, 4.69) is 4.98 Å². The maximum absolute atomic E-state index is 7.42. The molecule has 0 aliphatic rings. The smallest absolute Gasteiger partial charge is 0.216 e. The maximum Gasteiger partial charge on any atom is 0.216 e. The van der Waals surface area contributed by atoms with Crippen LogP contribution in [0.5, 0.6) is 0 Å². The molecule has 12 heavy (non-hydrogen) atoms. The average Bonchev–Trinajstić information content (AvgIpc) is 2.03. The Morgan fingerprint density at radius 3 is 2.83 bits per heavy atom. The molecule has 1 aromatic rings. The second-order valence-corrected chi connectivity index (χ2v) is 2.42. The summed E-state index contributed by atoms with van der Waals surface area (Å²) < 4.78 is 4.76. The molecule has 0 spiro atoms. The highest BCUT2D eigenvalue weighted by molar-refractivity contribution is 5.97. The number of aromatic nitrogens is 1. The van der Waals surface area contributed by atoms with Crippen molar-refractivity contribution in [2.75, 3.05) is 12.8 Å². The first-order valence-electron chi connectivity index (χ1n) is 3.50. The molecule has 0 unspecified atom stereocenters. The zero-order chi connectivity index (χ0) is 9.14. The number of aryl methyl sites for hydroxylation is 1. The third-order valence-corrected chi connectivity index (χ3v) is 1.62. The van der Waals surface area contributed by atoms with Gasteiger partial charge in [-0.2, -0.15) is 0 Å². The predicted octanol–water partition coefficient (Wildman–Crippen LogP) is 0.944. The Labute approximate surface area is 70.9 Å². The molecule has 0 saturated heterocycles. The zero-order valence-electron chi connectivity index (χ0n) is 7.09. The first-order chi connectivity index (χ1) is 5.66. The number of hydrogen-bond acceptors (Lipinski definition) is 4. The minimum Gasteiger partial charge on any atom is -0.481 e. The van der Waals surface area contributed by atoms with E-state index in [0.29, 0.717) is 11.4 Å². The largest absolute Gasteiger partial charge is 0.481 e. The monoisotopic (exact) mass is 165 g/mol. The van der Waals surface area contributed by atoms with Crippen molar-refractivity contribution in [2.24, 2.45) is 0 Å². The molecule has 0 atom stereocenters. The number of nitrogen functional groups attached to an aromatic ring is 1. The summed E-state index contributed by atoms with van der Waals surface area (Å²) in [5, 5.41) is 7.42. The quantitative estimate of drug-likeness (QED) is 0.480. The maximum atomic E-state index is 7.42. The van der Waals surface area contributed by atoms with Gasteiger partial charge in [0.15, 0.2) is 0 Å². The highest BCUT2D eigenvalue weighted by Gasteiger charge is 2.09. The standard InChI is InChI=1S/C8H11N3O/c1-5-3-4-11-7(9)6(5)8(10)12-2/h3-4,10H,1-2H3,(H2,9,11). The second kappa shape index (κ2) is 3.21. The fourth-order valence-corrected chi connectivity index (χ4v) is 0.977. The van der Waals surface area contributed by atoms with E-state index in [4.69, 9.17) is 15.9 Å². The summed E-state index contributed by atoms with van der Waals surface area (Å²) in [7, 11) is 1.44. The minimum atomic E-state index is 0.0538. The van der Waals surface area contributed by atoms with E-state index < -0.39 is 0 Å². The molecule has 4 nitrogen and oxygen atoms in total. The predicted molar refractivity (Wildman–Crippen MR) is 47.2 cm³/mol. The lowest BCUT2D eigenvalue weighted by molar-refractivity contribution is 0.401. The first kappa shape index (κ1) is 8.52. The normalized spacial score (nSPS) is 9.50. The zero-order valence-corrected chi connectivity index (χ0v) is 7.09. The second-order valence-electron chi connectivity index (χ2n) is 2.42. The topological polar surface area (TPSA) is 72.0 Å². The van der Waals surface area contributed by atoms with E-state index in [0.717, 1.165) is 5.56 Å². The van der Waals surface area contributed by atoms with Gasteiger partial charge < -0.3 is 10.5 Å². The van der Waals surface area contributed by atoms with E-state index in [1.54, 1.807) is 12.3 Å². The van der Waals surface area contributed by atoms with Crippen LogP contribution in [0, 0.1) is 12.3 Å². The SMILES string of the molecule is COC(=N)c1c(C)ccnc1N. The molecule has 4 heteroatoms. The van der Waals surface area contributed by atoms with Crippen molar-refractivity contribution in [3.8, 4) is 0 Å². The van der Waals surface area contributed by atoms with Gasteiger partial charge in [-0.05, 0) is 18.6 Å². The van der Waals surface area contributed by atoms with Gasteiger partial charge in [0.25, 0.3) is 0 Å². The van der Waals surface area contributed by atoms with Crippen LogP contribution in [0.2, 0.25) is 0 Å². The fraction of sp³-hybridized carbons (Fsp3) is 0.250. The summed E-state index contributed by atoms with van der Waals surface area (Å²) in [6.45, 7) is 1.86. The molecule has 0 saturated carbocycles. The van der Waals surface area contributed by atoms with Crippen molar-refractivity contribution in [2.45, 2.75) is 6.92 Å². The Morgan fingerprint density at radius 1 is 1.67 bits per heavy atom. The van der Waals surface area contributed by atoms with Crippen LogP contribution in [0.3, 0.4) is 0 Å². The number of ether oxygens (including phenoxy) is 1. The number of anilines is 1. The van der Waals surface area contributed by atoms with Crippen molar-refractivity contribution in [3.63, 3.8) is 0 Å². The Balaban J connectivity index is 3.21. The Kier molecular flexibility index (Phi) is 2.28. The van der Waals surface area contributed by atoms with Crippen LogP contribution in [0.1, 0.15) is 11.1 Å². The van der Waals surface area contributed by atoms with Gasteiger partial charge in [-0.25, -0.2) is 4.98 Å². The molecule has 0 bridgehead atoms. The molecule has 1 aromatic heterocycles. The van der Waals surface area contributed by atoms with E-state index in [9.17, 15) is 0 Å². The lowest BCUT2D eigenvalue weighted by Crippen LogP contribution is -2.09. The van der Waals surface area contributed by atoms with Crippen LogP contribution in [-0.2, 0) is 4.74 Å². The van der Waals surface area contributed by atoms with Gasteiger partial charge in [0.1, 0.15) is 5.82 Å². The van der Waals surface area contributed by atoms with Crippen LogP contribution >= 0.6 is 0 Å². The minimum absolute atomic E-state index is 0.0538. The number of nitrogens with zero attached hydrogens (tertiary/aromatic N) is 1. The lowest BCUT2D eigenvalue weighted by atomic mass is 10.1. The summed E-state index contributed by atoms with van der Waals surface area (Å²) in [5.41, 5.74) is 7.03. The number of nitrogens with one attached hydrogen (secondary N) is 1. The molecule has 3 N–H and O–H groups in total. The van der Waals surface area contributed by atoms with E-state index in [1.807, 2.05) is 6.92 Å². The molecule has 1 rings (SSSR count). The van der Waals surface area contributed by atoms with Crippen LogP contribution in [-0.4, -0.2) is 18.0 Å². The van der Waals surface area contributed by atoms with Crippen molar-refractivity contribution >= 4 is 11.7 Å². The number of rotatable bonds is 1. The molecule has 0 aliphatic carbocycles. The highest BCUT2D eigenvalue weighted by atomic mass is 16.5. The molecule has 0 amide bonds. The molecule has 0 radical (unpaired) electrons. The van der Waals surface area contributed by atoms with Crippen LogP contribution in [0.25, 0.3) is 0 Å².